The van der Waals surface area contributed by atoms with Gasteiger partial charge in [-0.05, 0) is 12.5 Å². The number of hydrogen-bond donors (Lipinski definition) is 0. The Bertz CT molecular complexity index is 399. The summed E-state index contributed by atoms with van der Waals surface area (Å²) in [7, 11) is 1.53. The molecule has 2 heterocycles. The number of methoxy groups -OCH3 is 1. The lowest BCUT2D eigenvalue weighted by Crippen LogP contribution is -2.38. The fourth-order valence-corrected chi connectivity index (χ4v) is 2.18. The number of aromatic nitrogens is 2. The number of carbonyl (C=O) groups excluding carboxylic acids is 1. The van der Waals surface area contributed by atoms with Crippen LogP contribution in [-0.2, 0) is 20.7 Å². The molecular weight excluding hydrogens is 246 g/mol. The van der Waals surface area contributed by atoms with E-state index in [1.54, 1.807) is 12.5 Å². The minimum atomic E-state index is 0.0145. The zero-order valence-corrected chi connectivity index (χ0v) is 11.1. The molecule has 2 rings (SSSR count). The number of nitrogens with zero attached hydrogens (tertiary/aromatic N) is 3. The largest absolute Gasteiger partial charge is 0.379 e. The lowest BCUT2D eigenvalue weighted by atomic mass is 10.0. The molecule has 6 heteroatoms. The zero-order valence-electron chi connectivity index (χ0n) is 11.1. The summed E-state index contributed by atoms with van der Waals surface area (Å²) in [6.45, 7) is 2.67. The molecule has 1 aromatic heterocycles. The Morgan fingerprint density at radius 2 is 2.53 bits per heavy atom. The van der Waals surface area contributed by atoms with Crippen LogP contribution >= 0.6 is 0 Å². The second-order valence-corrected chi connectivity index (χ2v) is 4.62. The maximum atomic E-state index is 11.9. The molecule has 1 aromatic rings. The molecule has 1 fully saturated rings. The van der Waals surface area contributed by atoms with Gasteiger partial charge in [-0.1, -0.05) is 0 Å². The van der Waals surface area contributed by atoms with Crippen molar-refractivity contribution < 1.29 is 14.3 Å². The summed E-state index contributed by atoms with van der Waals surface area (Å²) in [6, 6.07) is 1.90. The molecule has 0 bridgehead atoms. The van der Waals surface area contributed by atoms with E-state index in [4.69, 9.17) is 9.47 Å². The highest BCUT2D eigenvalue weighted by atomic mass is 16.5. The summed E-state index contributed by atoms with van der Waals surface area (Å²) in [5.74, 6) is 0.277. The van der Waals surface area contributed by atoms with Gasteiger partial charge in [0.15, 0.2) is 0 Å². The van der Waals surface area contributed by atoms with Crippen LogP contribution in [0.3, 0.4) is 0 Å². The summed E-state index contributed by atoms with van der Waals surface area (Å²) in [4.78, 5) is 21.8. The van der Waals surface area contributed by atoms with Crippen molar-refractivity contribution in [2.75, 3.05) is 40.0 Å². The zero-order chi connectivity index (χ0) is 13.5. The Morgan fingerprint density at radius 3 is 3.26 bits per heavy atom. The number of carbonyl (C=O) groups is 1. The number of rotatable bonds is 4. The first-order valence-electron chi connectivity index (χ1n) is 6.39. The highest BCUT2D eigenvalue weighted by Gasteiger charge is 2.22. The molecule has 1 atom stereocenters. The molecule has 104 valence electrons. The molecule has 0 N–H and O–H groups in total. The first-order chi connectivity index (χ1) is 9.29. The topological polar surface area (TPSA) is 64.5 Å². The molecule has 0 aromatic carbocycles. The van der Waals surface area contributed by atoms with Crippen molar-refractivity contribution in [3.63, 3.8) is 0 Å². The third-order valence-electron chi connectivity index (χ3n) is 3.10. The van der Waals surface area contributed by atoms with Crippen LogP contribution in [0.2, 0.25) is 0 Å². The molecular formula is C13H19N3O3. The highest BCUT2D eigenvalue weighted by Crippen LogP contribution is 2.12. The van der Waals surface area contributed by atoms with Crippen LogP contribution in [0.4, 0.5) is 0 Å². The van der Waals surface area contributed by atoms with Crippen LogP contribution in [0.15, 0.2) is 18.6 Å². The summed E-state index contributed by atoms with van der Waals surface area (Å²) in [5.41, 5.74) is 0.977. The summed E-state index contributed by atoms with van der Waals surface area (Å²) in [6.07, 6.45) is 4.06. The van der Waals surface area contributed by atoms with Gasteiger partial charge in [-0.3, -0.25) is 4.79 Å². The van der Waals surface area contributed by atoms with Crippen molar-refractivity contribution in [2.45, 2.75) is 6.42 Å². The van der Waals surface area contributed by atoms with E-state index < -0.39 is 0 Å². The Morgan fingerprint density at radius 1 is 1.63 bits per heavy atom. The van der Waals surface area contributed by atoms with Crippen LogP contribution in [0, 0.1) is 5.92 Å². The SMILES string of the molecule is COCC(=O)N1CCOC[C@H](Cc2ccncn2)C1. The van der Waals surface area contributed by atoms with Gasteiger partial charge in [-0.25, -0.2) is 9.97 Å². The van der Waals surface area contributed by atoms with E-state index in [1.807, 2.05) is 11.0 Å². The maximum Gasteiger partial charge on any atom is 0.248 e. The van der Waals surface area contributed by atoms with E-state index in [1.165, 1.54) is 7.11 Å². The van der Waals surface area contributed by atoms with Gasteiger partial charge >= 0.3 is 0 Å². The van der Waals surface area contributed by atoms with Gasteiger partial charge in [-0.2, -0.15) is 0 Å². The fraction of sp³-hybridized carbons (Fsp3) is 0.615. The summed E-state index contributed by atoms with van der Waals surface area (Å²) < 4.78 is 10.5. The first kappa shape index (κ1) is 13.9. The minimum absolute atomic E-state index is 0.0145. The summed E-state index contributed by atoms with van der Waals surface area (Å²) in [5, 5.41) is 0. The normalized spacial score (nSPS) is 20.1. The fourth-order valence-electron chi connectivity index (χ4n) is 2.18. The Balaban J connectivity index is 1.94. The van der Waals surface area contributed by atoms with Crippen molar-refractivity contribution in [1.82, 2.24) is 14.9 Å². The number of ether oxygens (including phenoxy) is 2. The molecule has 0 aliphatic carbocycles. The monoisotopic (exact) mass is 265 g/mol. The highest BCUT2D eigenvalue weighted by molar-refractivity contribution is 5.77. The van der Waals surface area contributed by atoms with E-state index in [0.717, 1.165) is 12.1 Å². The van der Waals surface area contributed by atoms with Gasteiger partial charge in [-0.15, -0.1) is 0 Å². The molecule has 1 amide bonds. The smallest absolute Gasteiger partial charge is 0.248 e. The number of amides is 1. The van der Waals surface area contributed by atoms with Crippen LogP contribution in [0.25, 0.3) is 0 Å². The van der Waals surface area contributed by atoms with Crippen LogP contribution in [0.1, 0.15) is 5.69 Å². The van der Waals surface area contributed by atoms with Crippen molar-refractivity contribution in [2.24, 2.45) is 5.92 Å². The van der Waals surface area contributed by atoms with Gasteiger partial charge in [0.2, 0.25) is 5.91 Å². The molecule has 0 spiro atoms. The Hall–Kier alpha value is -1.53. The number of hydrogen-bond acceptors (Lipinski definition) is 5. The second kappa shape index (κ2) is 7.16. The molecule has 19 heavy (non-hydrogen) atoms. The lowest BCUT2D eigenvalue weighted by Gasteiger charge is -2.23. The standard InChI is InChI=1S/C13H19N3O3/c1-18-9-13(17)16-4-5-19-8-11(7-16)6-12-2-3-14-10-15-12/h2-3,10-11H,4-9H2,1H3/t11-/m1/s1. The van der Waals surface area contributed by atoms with Gasteiger partial charge in [0.05, 0.1) is 13.2 Å². The molecule has 1 saturated heterocycles. The van der Waals surface area contributed by atoms with E-state index >= 15 is 0 Å². The second-order valence-electron chi connectivity index (χ2n) is 4.62. The van der Waals surface area contributed by atoms with Gasteiger partial charge in [0.25, 0.3) is 0 Å². The molecule has 0 saturated carbocycles. The molecule has 0 unspecified atom stereocenters. The lowest BCUT2D eigenvalue weighted by molar-refractivity contribution is -0.135. The predicted molar refractivity (Wildman–Crippen MR) is 68.5 cm³/mol. The Kier molecular flexibility index (Phi) is 5.23. The quantitative estimate of drug-likeness (QED) is 0.775. The van der Waals surface area contributed by atoms with Crippen molar-refractivity contribution in [1.29, 1.82) is 0 Å². The average molecular weight is 265 g/mol. The van der Waals surface area contributed by atoms with E-state index in [-0.39, 0.29) is 18.4 Å². The minimum Gasteiger partial charge on any atom is -0.379 e. The van der Waals surface area contributed by atoms with Crippen molar-refractivity contribution >= 4 is 5.91 Å². The first-order valence-corrected chi connectivity index (χ1v) is 6.39. The van der Waals surface area contributed by atoms with Crippen molar-refractivity contribution in [3.05, 3.63) is 24.3 Å². The van der Waals surface area contributed by atoms with E-state index in [9.17, 15) is 4.79 Å². The van der Waals surface area contributed by atoms with Gasteiger partial charge in [0, 0.05) is 38.0 Å². The van der Waals surface area contributed by atoms with Crippen molar-refractivity contribution in [3.8, 4) is 0 Å². The summed E-state index contributed by atoms with van der Waals surface area (Å²) >= 11 is 0. The molecule has 0 radical (unpaired) electrons. The van der Waals surface area contributed by atoms with Gasteiger partial charge < -0.3 is 14.4 Å². The molecule has 6 nitrogen and oxygen atoms in total. The van der Waals surface area contributed by atoms with Crippen LogP contribution < -0.4 is 0 Å². The van der Waals surface area contributed by atoms with Crippen LogP contribution in [-0.4, -0.2) is 60.8 Å². The molecule has 1 aliphatic heterocycles. The van der Waals surface area contributed by atoms with E-state index in [0.29, 0.717) is 26.3 Å². The molecule has 1 aliphatic rings. The third kappa shape index (κ3) is 4.25. The van der Waals surface area contributed by atoms with Crippen LogP contribution in [0.5, 0.6) is 0 Å². The predicted octanol–water partition coefficient (Wildman–Crippen LogP) is 0.140. The van der Waals surface area contributed by atoms with Gasteiger partial charge in [0.1, 0.15) is 12.9 Å². The average Bonchev–Trinajstić information content (AvgIpc) is 2.66. The van der Waals surface area contributed by atoms with E-state index in [2.05, 4.69) is 9.97 Å². The third-order valence-corrected chi connectivity index (χ3v) is 3.10. The maximum absolute atomic E-state index is 11.9. The Labute approximate surface area is 112 Å².